The third-order valence-corrected chi connectivity index (χ3v) is 3.50. The molecule has 0 spiro atoms. The zero-order valence-electron chi connectivity index (χ0n) is 7.97. The molecule has 12 heavy (non-hydrogen) atoms. The number of hydrogen-bond acceptors (Lipinski definition) is 1. The normalized spacial score (nSPS) is 35.2. The summed E-state index contributed by atoms with van der Waals surface area (Å²) in [6.07, 6.45) is 11.0. The highest BCUT2D eigenvalue weighted by Gasteiger charge is 2.29. The molecule has 0 aromatic carbocycles. The summed E-state index contributed by atoms with van der Waals surface area (Å²) in [6, 6.07) is 0. The van der Waals surface area contributed by atoms with Crippen LogP contribution in [0.3, 0.4) is 0 Å². The lowest BCUT2D eigenvalue weighted by atomic mass is 9.72. The average Bonchev–Trinajstić information content (AvgIpc) is 2.17. The van der Waals surface area contributed by atoms with Gasteiger partial charge in [0.15, 0.2) is 0 Å². The highest BCUT2D eigenvalue weighted by atomic mass is 14.8. The molecular formula is C11H19N. The lowest BCUT2D eigenvalue weighted by molar-refractivity contribution is 0.238. The number of hydrogen-bond donors (Lipinski definition) is 1. The highest BCUT2D eigenvalue weighted by Crippen LogP contribution is 2.39. The molecule has 2 atom stereocenters. The molecule has 0 aromatic rings. The van der Waals surface area contributed by atoms with E-state index in [-0.39, 0.29) is 0 Å². The van der Waals surface area contributed by atoms with E-state index < -0.39 is 0 Å². The first-order valence-electron chi connectivity index (χ1n) is 5.29. The van der Waals surface area contributed by atoms with Crippen LogP contribution in [-0.4, -0.2) is 7.05 Å². The van der Waals surface area contributed by atoms with Crippen molar-refractivity contribution in [1.29, 1.82) is 0 Å². The molecule has 1 fully saturated rings. The van der Waals surface area contributed by atoms with Gasteiger partial charge in [-0.3, -0.25) is 0 Å². The van der Waals surface area contributed by atoms with Crippen LogP contribution >= 0.6 is 0 Å². The van der Waals surface area contributed by atoms with Crippen molar-refractivity contribution in [2.75, 3.05) is 7.05 Å². The Morgan fingerprint density at radius 3 is 2.92 bits per heavy atom. The highest BCUT2D eigenvalue weighted by molar-refractivity contribution is 5.10. The van der Waals surface area contributed by atoms with Crippen molar-refractivity contribution in [1.82, 2.24) is 5.32 Å². The lowest BCUT2D eigenvalue weighted by Gasteiger charge is -2.36. The smallest absolute Gasteiger partial charge is 0.00978 e. The second kappa shape index (κ2) is 3.51. The van der Waals surface area contributed by atoms with E-state index in [1.54, 1.807) is 0 Å². The van der Waals surface area contributed by atoms with Crippen LogP contribution in [0.1, 0.15) is 38.5 Å². The molecule has 0 bridgehead atoms. The van der Waals surface area contributed by atoms with Gasteiger partial charge in [-0.2, -0.15) is 0 Å². The fourth-order valence-corrected chi connectivity index (χ4v) is 2.85. The summed E-state index contributed by atoms with van der Waals surface area (Å²) in [7, 11) is 2.07. The van der Waals surface area contributed by atoms with Crippen molar-refractivity contribution in [3.8, 4) is 0 Å². The van der Waals surface area contributed by atoms with Crippen LogP contribution in [0.4, 0.5) is 0 Å². The van der Waals surface area contributed by atoms with Crippen LogP contribution in [0.15, 0.2) is 11.8 Å². The van der Waals surface area contributed by atoms with Gasteiger partial charge in [0.25, 0.3) is 0 Å². The van der Waals surface area contributed by atoms with Gasteiger partial charge >= 0.3 is 0 Å². The minimum Gasteiger partial charge on any atom is -0.391 e. The summed E-state index contributed by atoms with van der Waals surface area (Å²) in [5, 5.41) is 3.36. The van der Waals surface area contributed by atoms with Gasteiger partial charge < -0.3 is 5.32 Å². The van der Waals surface area contributed by atoms with Gasteiger partial charge in [0.2, 0.25) is 0 Å². The first-order valence-corrected chi connectivity index (χ1v) is 5.29. The standard InChI is InChI=1S/C11H19N/c1-12-11-8-4-6-9-5-2-3-7-10(9)11/h8-10,12H,2-7H2,1H3. The van der Waals surface area contributed by atoms with Crippen LogP contribution in [0, 0.1) is 11.8 Å². The number of nitrogens with one attached hydrogen (secondary N) is 1. The quantitative estimate of drug-likeness (QED) is 0.630. The fraction of sp³-hybridized carbons (Fsp3) is 0.818. The molecule has 1 N–H and O–H groups in total. The van der Waals surface area contributed by atoms with Gasteiger partial charge in [-0.15, -0.1) is 0 Å². The predicted molar refractivity (Wildman–Crippen MR) is 51.8 cm³/mol. The number of allylic oxidation sites excluding steroid dienone is 2. The van der Waals surface area contributed by atoms with Gasteiger partial charge in [-0.05, 0) is 31.6 Å². The molecular weight excluding hydrogens is 146 g/mol. The van der Waals surface area contributed by atoms with E-state index in [2.05, 4.69) is 18.4 Å². The third-order valence-electron chi connectivity index (χ3n) is 3.50. The monoisotopic (exact) mass is 165 g/mol. The van der Waals surface area contributed by atoms with Gasteiger partial charge in [-0.1, -0.05) is 18.9 Å². The van der Waals surface area contributed by atoms with Crippen molar-refractivity contribution in [3.63, 3.8) is 0 Å². The largest absolute Gasteiger partial charge is 0.391 e. The Balaban J connectivity index is 2.09. The minimum absolute atomic E-state index is 0.887. The summed E-state index contributed by atoms with van der Waals surface area (Å²) >= 11 is 0. The summed E-state index contributed by atoms with van der Waals surface area (Å²) in [4.78, 5) is 0. The van der Waals surface area contributed by atoms with Crippen LogP contribution in [-0.2, 0) is 0 Å². The molecule has 0 heterocycles. The van der Waals surface area contributed by atoms with E-state index in [9.17, 15) is 0 Å². The molecule has 0 amide bonds. The molecule has 1 nitrogen and oxygen atoms in total. The van der Waals surface area contributed by atoms with Crippen LogP contribution in [0.2, 0.25) is 0 Å². The fourth-order valence-electron chi connectivity index (χ4n) is 2.85. The second-order valence-corrected chi connectivity index (χ2v) is 4.14. The molecule has 0 aliphatic heterocycles. The maximum Gasteiger partial charge on any atom is 0.00978 e. The Hall–Kier alpha value is -0.460. The Morgan fingerprint density at radius 2 is 2.08 bits per heavy atom. The van der Waals surface area contributed by atoms with E-state index in [0.29, 0.717) is 0 Å². The average molecular weight is 165 g/mol. The number of fused-ring (bicyclic) bond motifs is 1. The van der Waals surface area contributed by atoms with Gasteiger partial charge in [0.1, 0.15) is 0 Å². The molecule has 2 aliphatic carbocycles. The summed E-state index contributed by atoms with van der Waals surface area (Å²) in [5.41, 5.74) is 1.53. The van der Waals surface area contributed by atoms with Gasteiger partial charge in [-0.25, -0.2) is 0 Å². The van der Waals surface area contributed by atoms with Crippen molar-refractivity contribution in [3.05, 3.63) is 11.8 Å². The minimum atomic E-state index is 0.887. The predicted octanol–water partition coefficient (Wildman–Crippen LogP) is 2.69. The van der Waals surface area contributed by atoms with Gasteiger partial charge in [0.05, 0.1) is 0 Å². The molecule has 68 valence electrons. The topological polar surface area (TPSA) is 12.0 Å². The Kier molecular flexibility index (Phi) is 2.38. The molecule has 2 aliphatic rings. The Labute approximate surface area is 75.2 Å². The SMILES string of the molecule is CNC1=CCCC2CCCCC12. The van der Waals surface area contributed by atoms with Crippen LogP contribution in [0.25, 0.3) is 0 Å². The van der Waals surface area contributed by atoms with Crippen molar-refractivity contribution < 1.29 is 0 Å². The van der Waals surface area contributed by atoms with Crippen molar-refractivity contribution in [2.45, 2.75) is 38.5 Å². The van der Waals surface area contributed by atoms with Crippen LogP contribution < -0.4 is 5.32 Å². The first kappa shape index (κ1) is 8.15. The molecule has 0 aromatic heterocycles. The molecule has 2 unspecified atom stereocenters. The van der Waals surface area contributed by atoms with E-state index in [4.69, 9.17) is 0 Å². The number of rotatable bonds is 1. The summed E-state index contributed by atoms with van der Waals surface area (Å²) in [5.74, 6) is 1.89. The van der Waals surface area contributed by atoms with E-state index >= 15 is 0 Å². The summed E-state index contributed by atoms with van der Waals surface area (Å²) in [6.45, 7) is 0. The maximum atomic E-state index is 3.36. The molecule has 1 heteroatoms. The summed E-state index contributed by atoms with van der Waals surface area (Å²) < 4.78 is 0. The second-order valence-electron chi connectivity index (χ2n) is 4.14. The Morgan fingerprint density at radius 1 is 1.25 bits per heavy atom. The molecule has 0 saturated heterocycles. The first-order chi connectivity index (χ1) is 5.92. The molecule has 0 radical (unpaired) electrons. The molecule has 2 rings (SSSR count). The zero-order valence-corrected chi connectivity index (χ0v) is 7.97. The zero-order chi connectivity index (χ0) is 8.39. The van der Waals surface area contributed by atoms with E-state index in [0.717, 1.165) is 11.8 Å². The van der Waals surface area contributed by atoms with Crippen molar-refractivity contribution >= 4 is 0 Å². The third kappa shape index (κ3) is 1.37. The van der Waals surface area contributed by atoms with E-state index in [1.807, 2.05) is 0 Å². The molecule has 1 saturated carbocycles. The van der Waals surface area contributed by atoms with E-state index in [1.165, 1.54) is 44.2 Å². The van der Waals surface area contributed by atoms with Gasteiger partial charge in [0, 0.05) is 18.7 Å². The van der Waals surface area contributed by atoms with Crippen LogP contribution in [0.5, 0.6) is 0 Å². The maximum absolute atomic E-state index is 3.36. The van der Waals surface area contributed by atoms with Crippen molar-refractivity contribution in [2.24, 2.45) is 11.8 Å². The Bertz CT molecular complexity index is 183. The lowest BCUT2D eigenvalue weighted by Crippen LogP contribution is -2.29.